The molecule has 6 nitrogen and oxygen atoms in total. The van der Waals surface area contributed by atoms with Crippen molar-refractivity contribution in [2.24, 2.45) is 4.99 Å². The lowest BCUT2D eigenvalue weighted by Gasteiger charge is -2.36. The van der Waals surface area contributed by atoms with E-state index in [-0.39, 0.29) is 5.91 Å². The topological polar surface area (TPSA) is 51.2 Å². The third-order valence-electron chi connectivity index (χ3n) is 5.46. The molecular weight excluding hydrogens is 350 g/mol. The van der Waals surface area contributed by atoms with E-state index in [1.165, 1.54) is 12.0 Å². The van der Waals surface area contributed by atoms with Crippen LogP contribution in [0.25, 0.3) is 6.08 Å². The van der Waals surface area contributed by atoms with Gasteiger partial charge in [0, 0.05) is 52.9 Å². The van der Waals surface area contributed by atoms with E-state index in [0.717, 1.165) is 64.6 Å². The van der Waals surface area contributed by atoms with Gasteiger partial charge in [0.25, 0.3) is 0 Å². The zero-order valence-corrected chi connectivity index (χ0v) is 17.0. The molecule has 28 heavy (non-hydrogen) atoms. The zero-order chi connectivity index (χ0) is 19.6. The smallest absolute Gasteiger partial charge is 0.241 e. The van der Waals surface area contributed by atoms with E-state index in [0.29, 0.717) is 6.54 Å². The molecule has 0 saturated carbocycles. The average Bonchev–Trinajstić information content (AvgIpc) is 2.76. The lowest BCUT2D eigenvalue weighted by molar-refractivity contribution is -0.130. The second-order valence-corrected chi connectivity index (χ2v) is 7.44. The van der Waals surface area contributed by atoms with Crippen molar-refractivity contribution in [2.45, 2.75) is 19.3 Å². The Hall–Kier alpha value is -2.34. The molecule has 1 aromatic carbocycles. The number of guanidine groups is 1. The molecule has 2 fully saturated rings. The van der Waals surface area contributed by atoms with Crippen molar-refractivity contribution in [3.05, 3.63) is 42.0 Å². The number of hydrogen-bond acceptors (Lipinski definition) is 3. The number of carbonyl (C=O) groups is 1. The van der Waals surface area contributed by atoms with E-state index in [1.807, 2.05) is 11.0 Å². The first-order chi connectivity index (χ1) is 13.8. The second-order valence-electron chi connectivity index (χ2n) is 7.44. The highest BCUT2D eigenvalue weighted by Crippen LogP contribution is 2.09. The van der Waals surface area contributed by atoms with E-state index in [1.54, 1.807) is 7.05 Å². The molecule has 2 heterocycles. The number of carbonyl (C=O) groups excluding carboxylic acids is 1. The molecule has 0 radical (unpaired) electrons. The predicted molar refractivity (Wildman–Crippen MR) is 115 cm³/mol. The minimum atomic E-state index is 0.186. The first-order valence-corrected chi connectivity index (χ1v) is 10.4. The number of piperidine rings is 1. The molecule has 2 saturated heterocycles. The van der Waals surface area contributed by atoms with Gasteiger partial charge in [0.2, 0.25) is 5.91 Å². The molecule has 0 atom stereocenters. The summed E-state index contributed by atoms with van der Waals surface area (Å²) >= 11 is 0. The van der Waals surface area contributed by atoms with Crippen LogP contribution in [0, 0.1) is 0 Å². The van der Waals surface area contributed by atoms with Crippen molar-refractivity contribution < 1.29 is 4.79 Å². The summed E-state index contributed by atoms with van der Waals surface area (Å²) in [6.07, 6.45) is 7.90. The van der Waals surface area contributed by atoms with Gasteiger partial charge in [-0.2, -0.15) is 0 Å². The Morgan fingerprint density at radius 1 is 1.00 bits per heavy atom. The molecule has 2 aliphatic heterocycles. The molecule has 2 aliphatic rings. The van der Waals surface area contributed by atoms with Crippen LogP contribution in [0.15, 0.2) is 41.4 Å². The van der Waals surface area contributed by atoms with Crippen LogP contribution in [0.2, 0.25) is 0 Å². The van der Waals surface area contributed by atoms with E-state index in [4.69, 9.17) is 0 Å². The van der Waals surface area contributed by atoms with E-state index >= 15 is 0 Å². The van der Waals surface area contributed by atoms with Crippen molar-refractivity contribution in [3.63, 3.8) is 0 Å². The fourth-order valence-corrected chi connectivity index (χ4v) is 3.79. The molecule has 1 amide bonds. The first-order valence-electron chi connectivity index (χ1n) is 10.4. The minimum absolute atomic E-state index is 0.186. The third-order valence-corrected chi connectivity index (χ3v) is 5.46. The Morgan fingerprint density at radius 3 is 2.39 bits per heavy atom. The van der Waals surface area contributed by atoms with Crippen molar-refractivity contribution in [1.82, 2.24) is 20.0 Å². The van der Waals surface area contributed by atoms with Crippen LogP contribution >= 0.6 is 0 Å². The molecule has 0 aliphatic carbocycles. The Kier molecular flexibility index (Phi) is 7.91. The van der Waals surface area contributed by atoms with Crippen LogP contribution in [-0.2, 0) is 4.79 Å². The zero-order valence-electron chi connectivity index (χ0n) is 17.0. The molecule has 0 spiro atoms. The highest BCUT2D eigenvalue weighted by atomic mass is 16.2. The number of hydrogen-bond donors (Lipinski definition) is 1. The highest BCUT2D eigenvalue weighted by molar-refractivity contribution is 5.86. The number of nitrogens with zero attached hydrogens (tertiary/aromatic N) is 4. The van der Waals surface area contributed by atoms with Gasteiger partial charge in [-0.05, 0) is 24.8 Å². The maximum absolute atomic E-state index is 12.4. The number of amides is 1. The largest absolute Gasteiger partial charge is 0.347 e. The predicted octanol–water partition coefficient (Wildman–Crippen LogP) is 1.91. The van der Waals surface area contributed by atoms with Gasteiger partial charge < -0.3 is 15.1 Å². The standard InChI is InChI=1S/C22H33N5O/c1-23-22(24-19-21(28)26-13-6-3-7-14-26)27-17-15-25(16-18-27)12-8-11-20-9-4-2-5-10-20/h2,4-5,8-11H,3,6-7,12-19H2,1H3,(H,23,24)/b11-8+. The number of piperazine rings is 1. The van der Waals surface area contributed by atoms with Crippen LogP contribution in [0.1, 0.15) is 24.8 Å². The molecule has 1 aromatic rings. The molecule has 0 unspecified atom stereocenters. The van der Waals surface area contributed by atoms with Gasteiger partial charge in [-0.3, -0.25) is 14.7 Å². The SMILES string of the molecule is CN=C(NCC(=O)N1CCCCC1)N1CCN(C/C=C/c2ccccc2)CC1. The molecular formula is C22H33N5O. The summed E-state index contributed by atoms with van der Waals surface area (Å²) < 4.78 is 0. The number of benzene rings is 1. The molecule has 0 bridgehead atoms. The third kappa shape index (κ3) is 6.09. The van der Waals surface area contributed by atoms with Gasteiger partial charge in [-0.1, -0.05) is 42.5 Å². The van der Waals surface area contributed by atoms with Gasteiger partial charge in [0.15, 0.2) is 5.96 Å². The number of aliphatic imine (C=N–C) groups is 1. The summed E-state index contributed by atoms with van der Waals surface area (Å²) in [6.45, 7) is 6.95. The van der Waals surface area contributed by atoms with Gasteiger partial charge in [-0.25, -0.2) is 0 Å². The summed E-state index contributed by atoms with van der Waals surface area (Å²) in [5.74, 6) is 1.02. The number of rotatable bonds is 5. The summed E-state index contributed by atoms with van der Waals surface area (Å²) in [5, 5.41) is 3.27. The van der Waals surface area contributed by atoms with E-state index < -0.39 is 0 Å². The minimum Gasteiger partial charge on any atom is -0.347 e. The van der Waals surface area contributed by atoms with Crippen molar-refractivity contribution >= 4 is 17.9 Å². The maximum atomic E-state index is 12.4. The summed E-state index contributed by atoms with van der Waals surface area (Å²) in [5.41, 5.74) is 1.24. The van der Waals surface area contributed by atoms with Crippen molar-refractivity contribution in [1.29, 1.82) is 0 Å². The van der Waals surface area contributed by atoms with Gasteiger partial charge in [0.05, 0.1) is 6.54 Å². The van der Waals surface area contributed by atoms with Crippen molar-refractivity contribution in [3.8, 4) is 0 Å². The van der Waals surface area contributed by atoms with Crippen LogP contribution < -0.4 is 5.32 Å². The van der Waals surface area contributed by atoms with E-state index in [9.17, 15) is 4.79 Å². The fraction of sp³-hybridized carbons (Fsp3) is 0.545. The molecule has 6 heteroatoms. The molecule has 1 N–H and O–H groups in total. The summed E-state index contributed by atoms with van der Waals surface area (Å²) in [7, 11) is 1.79. The van der Waals surface area contributed by atoms with Gasteiger partial charge in [-0.15, -0.1) is 0 Å². The molecule has 152 valence electrons. The molecule has 3 rings (SSSR count). The lowest BCUT2D eigenvalue weighted by Crippen LogP contribution is -2.54. The second kappa shape index (κ2) is 10.9. The van der Waals surface area contributed by atoms with Crippen LogP contribution in [0.4, 0.5) is 0 Å². The fourth-order valence-electron chi connectivity index (χ4n) is 3.79. The first kappa shape index (κ1) is 20.4. The highest BCUT2D eigenvalue weighted by Gasteiger charge is 2.21. The summed E-state index contributed by atoms with van der Waals surface area (Å²) in [4.78, 5) is 23.4. The molecule has 0 aromatic heterocycles. The van der Waals surface area contributed by atoms with Gasteiger partial charge in [0.1, 0.15) is 0 Å². The van der Waals surface area contributed by atoms with Crippen molar-refractivity contribution in [2.75, 3.05) is 59.4 Å². The van der Waals surface area contributed by atoms with Crippen LogP contribution in [0.3, 0.4) is 0 Å². The number of nitrogens with one attached hydrogen (secondary N) is 1. The Morgan fingerprint density at radius 2 is 1.71 bits per heavy atom. The number of likely N-dealkylation sites (tertiary alicyclic amines) is 1. The monoisotopic (exact) mass is 383 g/mol. The summed E-state index contributed by atoms with van der Waals surface area (Å²) in [6, 6.07) is 10.4. The Bertz CT molecular complexity index is 659. The maximum Gasteiger partial charge on any atom is 0.241 e. The quantitative estimate of drug-likeness (QED) is 0.623. The van der Waals surface area contributed by atoms with Crippen LogP contribution in [0.5, 0.6) is 0 Å². The Balaban J connectivity index is 1.39. The van der Waals surface area contributed by atoms with E-state index in [2.05, 4.69) is 56.5 Å². The average molecular weight is 384 g/mol. The lowest BCUT2D eigenvalue weighted by atomic mass is 10.1. The Labute approximate surface area is 168 Å². The normalized spacial score (nSPS) is 19.2. The van der Waals surface area contributed by atoms with Gasteiger partial charge >= 0.3 is 0 Å². The van der Waals surface area contributed by atoms with Crippen LogP contribution in [-0.4, -0.2) is 86.0 Å².